The summed E-state index contributed by atoms with van der Waals surface area (Å²) in [4.78, 5) is 19.4. The molecule has 0 saturated carbocycles. The molecule has 1 amide bonds. The maximum atomic E-state index is 13.1. The molecule has 0 aliphatic carbocycles. The van der Waals surface area contributed by atoms with Crippen LogP contribution in [0.25, 0.3) is 0 Å². The van der Waals surface area contributed by atoms with Crippen molar-refractivity contribution in [3.63, 3.8) is 0 Å². The van der Waals surface area contributed by atoms with Gasteiger partial charge in [0.1, 0.15) is 11.5 Å². The Labute approximate surface area is 186 Å². The summed E-state index contributed by atoms with van der Waals surface area (Å²) in [7, 11) is 0. The fraction of sp³-hybridized carbons (Fsp3) is 0.280. The van der Waals surface area contributed by atoms with Gasteiger partial charge in [0.15, 0.2) is 11.5 Å². The summed E-state index contributed by atoms with van der Waals surface area (Å²) >= 11 is 0. The molecular weight excluding hydrogens is 406 g/mol. The number of nitrogens with one attached hydrogen (secondary N) is 1. The molecule has 3 heterocycles. The zero-order valence-corrected chi connectivity index (χ0v) is 17.7. The second-order valence-electron chi connectivity index (χ2n) is 7.94. The van der Waals surface area contributed by atoms with Crippen LogP contribution in [0.3, 0.4) is 0 Å². The van der Waals surface area contributed by atoms with Crippen LogP contribution in [0.15, 0.2) is 67.0 Å². The molecule has 0 radical (unpaired) electrons. The number of pyridine rings is 1. The van der Waals surface area contributed by atoms with Gasteiger partial charge in [0.05, 0.1) is 12.2 Å². The van der Waals surface area contributed by atoms with E-state index in [2.05, 4.69) is 15.2 Å². The van der Waals surface area contributed by atoms with Crippen LogP contribution in [0.5, 0.6) is 23.0 Å². The van der Waals surface area contributed by atoms with Gasteiger partial charge < -0.3 is 19.5 Å². The molecule has 0 spiro atoms. The number of anilines is 1. The summed E-state index contributed by atoms with van der Waals surface area (Å²) in [5, 5.41) is 3.07. The highest BCUT2D eigenvalue weighted by molar-refractivity contribution is 5.95. The van der Waals surface area contributed by atoms with Gasteiger partial charge in [-0.25, -0.2) is 0 Å². The normalized spacial score (nSPS) is 17.7. The van der Waals surface area contributed by atoms with Crippen molar-refractivity contribution in [1.29, 1.82) is 0 Å². The molecule has 7 nitrogen and oxygen atoms in total. The molecule has 3 aromatic rings. The Kier molecular flexibility index (Phi) is 5.89. The van der Waals surface area contributed by atoms with Gasteiger partial charge in [0.2, 0.25) is 12.7 Å². The number of nitrogens with zero attached hydrogens (tertiary/aromatic N) is 2. The van der Waals surface area contributed by atoms with Crippen molar-refractivity contribution in [2.24, 2.45) is 0 Å². The zero-order chi connectivity index (χ0) is 21.8. The lowest BCUT2D eigenvalue weighted by molar-refractivity contribution is -0.122. The van der Waals surface area contributed by atoms with Crippen LogP contribution >= 0.6 is 0 Å². The number of para-hydroxylation sites is 1. The largest absolute Gasteiger partial charge is 0.456 e. The highest BCUT2D eigenvalue weighted by Crippen LogP contribution is 2.36. The molecule has 1 aromatic heterocycles. The van der Waals surface area contributed by atoms with Crippen molar-refractivity contribution in [3.05, 3.63) is 72.6 Å². The number of carbonyl (C=O) groups excluding carboxylic acids is 1. The van der Waals surface area contributed by atoms with Gasteiger partial charge in [0.25, 0.3) is 0 Å². The summed E-state index contributed by atoms with van der Waals surface area (Å²) in [5.74, 6) is 2.94. The fourth-order valence-electron chi connectivity index (χ4n) is 4.19. The van der Waals surface area contributed by atoms with Gasteiger partial charge in [-0.05, 0) is 61.9 Å². The van der Waals surface area contributed by atoms with E-state index in [9.17, 15) is 4.79 Å². The predicted octanol–water partition coefficient (Wildman–Crippen LogP) is 4.60. The number of hydrogen-bond donors (Lipinski definition) is 1. The highest BCUT2D eigenvalue weighted by atomic mass is 16.7. The molecule has 2 aliphatic heterocycles. The van der Waals surface area contributed by atoms with Gasteiger partial charge in [-0.1, -0.05) is 18.6 Å². The Morgan fingerprint density at radius 1 is 1.06 bits per heavy atom. The Morgan fingerprint density at radius 2 is 1.97 bits per heavy atom. The van der Waals surface area contributed by atoms with Gasteiger partial charge in [-0.2, -0.15) is 0 Å². The van der Waals surface area contributed by atoms with Crippen molar-refractivity contribution in [1.82, 2.24) is 9.88 Å². The SMILES string of the molecule is O=C(Nc1ccc(Oc2cccnc2)cc1)[C@H]1CCCCN1Cc1cccc2c1OCO2. The van der Waals surface area contributed by atoms with E-state index >= 15 is 0 Å². The van der Waals surface area contributed by atoms with Crippen LogP contribution in [0.4, 0.5) is 5.69 Å². The first kappa shape index (κ1) is 20.3. The molecule has 2 aromatic carbocycles. The van der Waals surface area contributed by atoms with E-state index in [1.54, 1.807) is 12.4 Å². The second kappa shape index (κ2) is 9.28. The van der Waals surface area contributed by atoms with Crippen LogP contribution in [-0.2, 0) is 11.3 Å². The number of amides is 1. The third kappa shape index (κ3) is 4.53. The lowest BCUT2D eigenvalue weighted by atomic mass is 10.00. The van der Waals surface area contributed by atoms with E-state index in [1.807, 2.05) is 54.6 Å². The zero-order valence-electron chi connectivity index (χ0n) is 17.7. The first-order valence-electron chi connectivity index (χ1n) is 10.9. The van der Waals surface area contributed by atoms with E-state index in [4.69, 9.17) is 14.2 Å². The Hall–Kier alpha value is -3.58. The smallest absolute Gasteiger partial charge is 0.241 e. The summed E-state index contributed by atoms with van der Waals surface area (Å²) < 4.78 is 16.9. The summed E-state index contributed by atoms with van der Waals surface area (Å²) in [6.45, 7) is 1.78. The number of carbonyl (C=O) groups is 1. The van der Waals surface area contributed by atoms with Crippen LogP contribution in [-0.4, -0.2) is 35.2 Å². The Bertz CT molecular complexity index is 1070. The van der Waals surface area contributed by atoms with E-state index < -0.39 is 0 Å². The quantitative estimate of drug-likeness (QED) is 0.615. The van der Waals surface area contributed by atoms with Crippen LogP contribution in [0.2, 0.25) is 0 Å². The molecule has 5 rings (SSSR count). The number of likely N-dealkylation sites (tertiary alicyclic amines) is 1. The predicted molar refractivity (Wildman–Crippen MR) is 120 cm³/mol. The number of fused-ring (bicyclic) bond motifs is 1. The first-order chi connectivity index (χ1) is 15.8. The molecule has 32 heavy (non-hydrogen) atoms. The summed E-state index contributed by atoms with van der Waals surface area (Å²) in [5.41, 5.74) is 1.80. The second-order valence-corrected chi connectivity index (χ2v) is 7.94. The van der Waals surface area contributed by atoms with Crippen molar-refractivity contribution in [3.8, 4) is 23.0 Å². The van der Waals surface area contributed by atoms with Gasteiger partial charge in [-0.15, -0.1) is 0 Å². The van der Waals surface area contributed by atoms with Crippen molar-refractivity contribution >= 4 is 11.6 Å². The maximum absolute atomic E-state index is 13.1. The van der Waals surface area contributed by atoms with Crippen molar-refractivity contribution in [2.45, 2.75) is 31.8 Å². The molecule has 0 bridgehead atoms. The lowest BCUT2D eigenvalue weighted by Gasteiger charge is -2.34. The highest BCUT2D eigenvalue weighted by Gasteiger charge is 2.30. The van der Waals surface area contributed by atoms with E-state index in [0.717, 1.165) is 48.6 Å². The molecule has 0 unspecified atom stereocenters. The molecule has 1 saturated heterocycles. The molecule has 2 aliphatic rings. The van der Waals surface area contributed by atoms with Crippen LogP contribution in [0.1, 0.15) is 24.8 Å². The molecule has 7 heteroatoms. The molecule has 1 fully saturated rings. The minimum absolute atomic E-state index is 0.00960. The van der Waals surface area contributed by atoms with Crippen molar-refractivity contribution < 1.29 is 19.0 Å². The number of piperidine rings is 1. The maximum Gasteiger partial charge on any atom is 0.241 e. The van der Waals surface area contributed by atoms with E-state index in [0.29, 0.717) is 18.0 Å². The number of aromatic nitrogens is 1. The Balaban J connectivity index is 1.24. The minimum atomic E-state index is -0.187. The van der Waals surface area contributed by atoms with Gasteiger partial charge >= 0.3 is 0 Å². The average Bonchev–Trinajstić information content (AvgIpc) is 3.31. The summed E-state index contributed by atoms with van der Waals surface area (Å²) in [6, 6.07) is 16.8. The Morgan fingerprint density at radius 3 is 2.81 bits per heavy atom. The van der Waals surface area contributed by atoms with Crippen molar-refractivity contribution in [2.75, 3.05) is 18.7 Å². The molecule has 164 valence electrons. The number of ether oxygens (including phenoxy) is 3. The van der Waals surface area contributed by atoms with Crippen LogP contribution < -0.4 is 19.5 Å². The van der Waals surface area contributed by atoms with Gasteiger partial charge in [0, 0.05) is 24.0 Å². The third-order valence-electron chi connectivity index (χ3n) is 5.76. The number of rotatable bonds is 6. The fourth-order valence-corrected chi connectivity index (χ4v) is 4.19. The summed E-state index contributed by atoms with van der Waals surface area (Å²) in [6.07, 6.45) is 6.31. The third-order valence-corrected chi connectivity index (χ3v) is 5.76. The molecule has 1 atom stereocenters. The lowest BCUT2D eigenvalue weighted by Crippen LogP contribution is -2.46. The standard InChI is InChI=1S/C25H25N3O4/c29-25(27-19-9-11-20(12-10-19)32-21-6-4-13-26-15-21)22-7-1-2-14-28(22)16-18-5-3-8-23-24(18)31-17-30-23/h3-6,8-13,15,22H,1-2,7,14,16-17H2,(H,27,29)/t22-/m1/s1. The monoisotopic (exact) mass is 431 g/mol. The number of hydrogen-bond acceptors (Lipinski definition) is 6. The average molecular weight is 431 g/mol. The first-order valence-corrected chi connectivity index (χ1v) is 10.9. The minimum Gasteiger partial charge on any atom is -0.456 e. The number of benzene rings is 2. The van der Waals surface area contributed by atoms with E-state index in [-0.39, 0.29) is 18.7 Å². The molecular formula is C25H25N3O4. The topological polar surface area (TPSA) is 72.9 Å². The molecule has 1 N–H and O–H groups in total. The van der Waals surface area contributed by atoms with Gasteiger partial charge in [-0.3, -0.25) is 14.7 Å². The van der Waals surface area contributed by atoms with E-state index in [1.165, 1.54) is 0 Å². The van der Waals surface area contributed by atoms with Crippen LogP contribution in [0, 0.1) is 0 Å².